The summed E-state index contributed by atoms with van der Waals surface area (Å²) in [5.41, 5.74) is 2.64. The lowest BCUT2D eigenvalue weighted by molar-refractivity contribution is 0.142. The Morgan fingerprint density at radius 3 is 2.71 bits per heavy atom. The number of urea groups is 1. The van der Waals surface area contributed by atoms with Crippen molar-refractivity contribution in [2.75, 3.05) is 31.5 Å². The number of piperazine rings is 1. The standard InChI is InChI=1S/C19H25N7OS/c1-13(2)26-18-15(9-21-26)8-16(10-20-18)23-19(27)25-6-4-24(5-7-25)11-17-12-28-14(3)22-17/h8-10,12-13H,4-7,11H2,1-3H3,(H,23,27). The molecule has 4 rings (SSSR count). The number of hydrogen-bond donors (Lipinski definition) is 1. The first-order chi connectivity index (χ1) is 13.5. The minimum Gasteiger partial charge on any atom is -0.322 e. The van der Waals surface area contributed by atoms with E-state index in [-0.39, 0.29) is 12.1 Å². The Morgan fingerprint density at radius 1 is 1.25 bits per heavy atom. The number of carbonyl (C=O) groups is 1. The van der Waals surface area contributed by atoms with E-state index >= 15 is 0 Å². The third-order valence-electron chi connectivity index (χ3n) is 4.89. The number of thiazole rings is 1. The van der Waals surface area contributed by atoms with Crippen LogP contribution in [0.3, 0.4) is 0 Å². The van der Waals surface area contributed by atoms with Gasteiger partial charge in [0, 0.05) is 49.5 Å². The van der Waals surface area contributed by atoms with Crippen molar-refractivity contribution in [1.82, 2.24) is 29.5 Å². The van der Waals surface area contributed by atoms with Gasteiger partial charge in [-0.3, -0.25) is 4.90 Å². The number of aryl methyl sites for hydroxylation is 1. The molecule has 0 saturated carbocycles. The van der Waals surface area contributed by atoms with E-state index in [9.17, 15) is 4.79 Å². The van der Waals surface area contributed by atoms with Gasteiger partial charge in [0.05, 0.1) is 28.8 Å². The largest absolute Gasteiger partial charge is 0.322 e. The fourth-order valence-corrected chi connectivity index (χ4v) is 4.01. The number of hydrogen-bond acceptors (Lipinski definition) is 6. The van der Waals surface area contributed by atoms with Crippen molar-refractivity contribution < 1.29 is 4.79 Å². The van der Waals surface area contributed by atoms with Crippen molar-refractivity contribution in [3.05, 3.63) is 34.5 Å². The molecule has 0 radical (unpaired) electrons. The van der Waals surface area contributed by atoms with Crippen LogP contribution in [-0.4, -0.2) is 61.8 Å². The van der Waals surface area contributed by atoms with Crippen molar-refractivity contribution in [1.29, 1.82) is 0 Å². The molecule has 8 nitrogen and oxygen atoms in total. The molecule has 0 bridgehead atoms. The highest BCUT2D eigenvalue weighted by Crippen LogP contribution is 2.19. The molecule has 0 unspecified atom stereocenters. The molecule has 1 N–H and O–H groups in total. The van der Waals surface area contributed by atoms with Gasteiger partial charge in [0.2, 0.25) is 0 Å². The SMILES string of the molecule is Cc1nc(CN2CCN(C(=O)Nc3cnc4c(cnn4C(C)C)c3)CC2)cs1. The molecule has 1 saturated heterocycles. The normalized spacial score (nSPS) is 15.5. The van der Waals surface area contributed by atoms with Gasteiger partial charge in [-0.25, -0.2) is 19.4 Å². The molecule has 3 aromatic heterocycles. The van der Waals surface area contributed by atoms with Gasteiger partial charge in [-0.1, -0.05) is 0 Å². The quantitative estimate of drug-likeness (QED) is 0.729. The highest BCUT2D eigenvalue weighted by Gasteiger charge is 2.22. The molecule has 0 spiro atoms. The highest BCUT2D eigenvalue weighted by atomic mass is 32.1. The fraction of sp³-hybridized carbons (Fsp3) is 0.474. The predicted molar refractivity (Wildman–Crippen MR) is 111 cm³/mol. The molecule has 0 aromatic carbocycles. The van der Waals surface area contributed by atoms with E-state index in [1.807, 2.05) is 22.6 Å². The predicted octanol–water partition coefficient (Wildman–Crippen LogP) is 3.13. The molecule has 0 aliphatic carbocycles. The van der Waals surface area contributed by atoms with E-state index in [2.05, 4.69) is 44.5 Å². The molecular formula is C19H25N7OS. The topological polar surface area (TPSA) is 79.2 Å². The van der Waals surface area contributed by atoms with Gasteiger partial charge >= 0.3 is 6.03 Å². The van der Waals surface area contributed by atoms with Gasteiger partial charge < -0.3 is 10.2 Å². The monoisotopic (exact) mass is 399 g/mol. The zero-order valence-corrected chi connectivity index (χ0v) is 17.2. The van der Waals surface area contributed by atoms with Crippen LogP contribution in [0.5, 0.6) is 0 Å². The second-order valence-corrected chi connectivity index (χ2v) is 8.43. The van der Waals surface area contributed by atoms with Gasteiger partial charge in [0.1, 0.15) is 0 Å². The molecule has 1 aliphatic heterocycles. The second-order valence-electron chi connectivity index (χ2n) is 7.37. The zero-order valence-electron chi connectivity index (χ0n) is 16.4. The van der Waals surface area contributed by atoms with E-state index in [1.165, 1.54) is 0 Å². The number of aromatic nitrogens is 4. The van der Waals surface area contributed by atoms with E-state index in [0.29, 0.717) is 18.8 Å². The van der Waals surface area contributed by atoms with Crippen molar-refractivity contribution in [2.24, 2.45) is 0 Å². The Labute approximate surface area is 168 Å². The van der Waals surface area contributed by atoms with E-state index < -0.39 is 0 Å². The maximum Gasteiger partial charge on any atom is 0.321 e. The summed E-state index contributed by atoms with van der Waals surface area (Å²) in [5.74, 6) is 0. The summed E-state index contributed by atoms with van der Waals surface area (Å²) in [6.45, 7) is 10.1. The van der Waals surface area contributed by atoms with E-state index in [1.54, 1.807) is 23.7 Å². The van der Waals surface area contributed by atoms with Crippen molar-refractivity contribution >= 4 is 34.1 Å². The number of nitrogens with one attached hydrogen (secondary N) is 1. The van der Waals surface area contributed by atoms with Crippen LogP contribution in [-0.2, 0) is 6.54 Å². The first-order valence-corrected chi connectivity index (χ1v) is 10.4. The number of nitrogens with zero attached hydrogens (tertiary/aromatic N) is 6. The van der Waals surface area contributed by atoms with Crippen LogP contribution in [0.1, 0.15) is 30.6 Å². The molecule has 148 valence electrons. The average molecular weight is 400 g/mol. The Morgan fingerprint density at radius 2 is 2.04 bits per heavy atom. The molecular weight excluding hydrogens is 374 g/mol. The zero-order chi connectivity index (χ0) is 19.7. The summed E-state index contributed by atoms with van der Waals surface area (Å²) in [7, 11) is 0. The van der Waals surface area contributed by atoms with Crippen LogP contribution in [0.4, 0.5) is 10.5 Å². The van der Waals surface area contributed by atoms with E-state index in [0.717, 1.165) is 41.4 Å². The molecule has 0 atom stereocenters. The van der Waals surface area contributed by atoms with Crippen LogP contribution < -0.4 is 5.32 Å². The molecule has 4 heterocycles. The average Bonchev–Trinajstić information content (AvgIpc) is 3.28. The maximum absolute atomic E-state index is 12.6. The minimum atomic E-state index is -0.0819. The summed E-state index contributed by atoms with van der Waals surface area (Å²) in [6, 6.07) is 2.09. The minimum absolute atomic E-state index is 0.0819. The number of amides is 2. The number of rotatable bonds is 4. The Balaban J connectivity index is 1.33. The van der Waals surface area contributed by atoms with Crippen molar-refractivity contribution in [3.63, 3.8) is 0 Å². The van der Waals surface area contributed by atoms with Crippen LogP contribution in [0.15, 0.2) is 23.8 Å². The van der Waals surface area contributed by atoms with Gasteiger partial charge in [-0.05, 0) is 26.8 Å². The lowest BCUT2D eigenvalue weighted by Gasteiger charge is -2.34. The number of fused-ring (bicyclic) bond motifs is 1. The first kappa shape index (κ1) is 18.8. The van der Waals surface area contributed by atoms with Gasteiger partial charge in [-0.15, -0.1) is 11.3 Å². The van der Waals surface area contributed by atoms with Gasteiger partial charge in [0.15, 0.2) is 5.65 Å². The lowest BCUT2D eigenvalue weighted by atomic mass is 10.3. The van der Waals surface area contributed by atoms with Crippen LogP contribution in [0.2, 0.25) is 0 Å². The fourth-order valence-electron chi connectivity index (χ4n) is 3.41. The smallest absolute Gasteiger partial charge is 0.321 e. The van der Waals surface area contributed by atoms with Crippen molar-refractivity contribution in [3.8, 4) is 0 Å². The van der Waals surface area contributed by atoms with Crippen molar-refractivity contribution in [2.45, 2.75) is 33.4 Å². The molecule has 1 aliphatic rings. The van der Waals surface area contributed by atoms with Gasteiger partial charge in [-0.2, -0.15) is 5.10 Å². The van der Waals surface area contributed by atoms with Crippen LogP contribution in [0.25, 0.3) is 11.0 Å². The van der Waals surface area contributed by atoms with Crippen LogP contribution >= 0.6 is 11.3 Å². The Kier molecular flexibility index (Phi) is 5.27. The number of carbonyl (C=O) groups excluding carboxylic acids is 1. The summed E-state index contributed by atoms with van der Waals surface area (Å²) in [6.07, 6.45) is 3.48. The molecule has 1 fully saturated rings. The summed E-state index contributed by atoms with van der Waals surface area (Å²) in [4.78, 5) is 25.8. The summed E-state index contributed by atoms with van der Waals surface area (Å²) >= 11 is 1.68. The third-order valence-corrected chi connectivity index (χ3v) is 5.71. The number of anilines is 1. The van der Waals surface area contributed by atoms with Crippen LogP contribution in [0, 0.1) is 6.92 Å². The molecule has 28 heavy (non-hydrogen) atoms. The lowest BCUT2D eigenvalue weighted by Crippen LogP contribution is -2.49. The van der Waals surface area contributed by atoms with E-state index in [4.69, 9.17) is 0 Å². The first-order valence-electron chi connectivity index (χ1n) is 9.52. The maximum atomic E-state index is 12.6. The second kappa shape index (κ2) is 7.84. The van der Waals surface area contributed by atoms with Gasteiger partial charge in [0.25, 0.3) is 0 Å². The Bertz CT molecular complexity index is 972. The third kappa shape index (κ3) is 4.00. The molecule has 9 heteroatoms. The molecule has 3 aromatic rings. The number of pyridine rings is 1. The molecule has 2 amide bonds. The summed E-state index contributed by atoms with van der Waals surface area (Å²) < 4.78 is 1.88. The Hall–Kier alpha value is -2.52. The highest BCUT2D eigenvalue weighted by molar-refractivity contribution is 7.09. The summed E-state index contributed by atoms with van der Waals surface area (Å²) in [5, 5.41) is 11.5.